The summed E-state index contributed by atoms with van der Waals surface area (Å²) in [4.78, 5) is 10.6. The van der Waals surface area contributed by atoms with Crippen LogP contribution >= 0.6 is 0 Å². The molecule has 3 N–H and O–H groups in total. The Morgan fingerprint density at radius 2 is 1.81 bits per heavy atom. The first-order valence-corrected chi connectivity index (χ1v) is 7.00. The molecule has 112 valence electrons. The molecule has 0 amide bonds. The molecule has 0 saturated carbocycles. The van der Waals surface area contributed by atoms with Gasteiger partial charge in [0.1, 0.15) is 12.0 Å². The largest absolute Gasteiger partial charge is 0.393 e. The topological polar surface area (TPSA) is 67.1 Å². The number of nitrogens with one attached hydrogen (secondary N) is 1. The molecule has 0 radical (unpaired) electrons. The second-order valence-corrected chi connectivity index (χ2v) is 6.18. The van der Waals surface area contributed by atoms with E-state index in [4.69, 9.17) is 5.73 Å². The van der Waals surface area contributed by atoms with Crippen molar-refractivity contribution in [3.8, 4) is 0 Å². The zero-order chi connectivity index (χ0) is 15.5. The quantitative estimate of drug-likeness (QED) is 0.904. The van der Waals surface area contributed by atoms with Crippen molar-refractivity contribution in [3.63, 3.8) is 0 Å². The van der Waals surface area contributed by atoms with Crippen molar-refractivity contribution in [1.29, 1.82) is 0 Å². The first-order valence-electron chi connectivity index (χ1n) is 7.00. The monoisotopic (exact) mass is 285 g/mol. The number of aromatic nitrogens is 2. The predicted octanol–water partition coefficient (Wildman–Crippen LogP) is 2.91. The van der Waals surface area contributed by atoms with Gasteiger partial charge >= 0.3 is 0 Å². The van der Waals surface area contributed by atoms with E-state index in [0.717, 1.165) is 12.4 Å². The summed E-state index contributed by atoms with van der Waals surface area (Å²) >= 11 is 0. The fourth-order valence-corrected chi connectivity index (χ4v) is 2.08. The van der Waals surface area contributed by atoms with Crippen LogP contribution in [0.4, 0.5) is 17.3 Å². The molecule has 0 fully saturated rings. The van der Waals surface area contributed by atoms with Gasteiger partial charge in [0.2, 0.25) is 0 Å². The molecule has 5 nitrogen and oxygen atoms in total. The summed E-state index contributed by atoms with van der Waals surface area (Å²) in [5.74, 6) is 1.41. The Bertz CT molecular complexity index is 589. The number of anilines is 3. The highest BCUT2D eigenvalue weighted by atomic mass is 15.2. The maximum absolute atomic E-state index is 6.22. The van der Waals surface area contributed by atoms with Gasteiger partial charge in [-0.1, -0.05) is 30.3 Å². The summed E-state index contributed by atoms with van der Waals surface area (Å²) < 4.78 is 0. The van der Waals surface area contributed by atoms with Crippen molar-refractivity contribution in [2.24, 2.45) is 0 Å². The van der Waals surface area contributed by atoms with E-state index in [1.807, 2.05) is 30.1 Å². The maximum Gasteiger partial charge on any atom is 0.157 e. The molecule has 1 aromatic heterocycles. The first-order chi connectivity index (χ1) is 9.87. The van der Waals surface area contributed by atoms with Gasteiger partial charge in [-0.3, -0.25) is 0 Å². The lowest BCUT2D eigenvalue weighted by molar-refractivity contribution is 0.630. The average molecular weight is 285 g/mol. The number of hydrogen-bond acceptors (Lipinski definition) is 5. The third-order valence-corrected chi connectivity index (χ3v) is 2.98. The summed E-state index contributed by atoms with van der Waals surface area (Å²) in [5.41, 5.74) is 7.90. The summed E-state index contributed by atoms with van der Waals surface area (Å²) in [5, 5.41) is 3.31. The Hall–Kier alpha value is -2.30. The molecule has 2 rings (SSSR count). The first kappa shape index (κ1) is 15.1. The second-order valence-electron chi connectivity index (χ2n) is 6.18. The van der Waals surface area contributed by atoms with E-state index in [0.29, 0.717) is 11.5 Å². The second kappa shape index (κ2) is 5.99. The van der Waals surface area contributed by atoms with Gasteiger partial charge in [0.15, 0.2) is 11.6 Å². The van der Waals surface area contributed by atoms with Crippen molar-refractivity contribution in [1.82, 2.24) is 9.97 Å². The smallest absolute Gasteiger partial charge is 0.157 e. The molecule has 0 bridgehead atoms. The lowest BCUT2D eigenvalue weighted by Gasteiger charge is -2.25. The number of nitrogen functional groups attached to an aromatic ring is 1. The van der Waals surface area contributed by atoms with Gasteiger partial charge in [0.25, 0.3) is 0 Å². The van der Waals surface area contributed by atoms with Crippen LogP contribution in [0.15, 0.2) is 36.7 Å². The van der Waals surface area contributed by atoms with Crippen LogP contribution in [0.1, 0.15) is 26.3 Å². The molecule has 1 heterocycles. The number of hydrogen-bond donors (Lipinski definition) is 2. The van der Waals surface area contributed by atoms with Gasteiger partial charge in [-0.05, 0) is 26.3 Å². The standard InChI is InChI=1S/C16H23N5/c1-16(2,3)20-14-13(17)15(19-11-18-14)21(4)10-12-8-6-5-7-9-12/h5-9,11H,10,17H2,1-4H3,(H,18,19,20). The third-order valence-electron chi connectivity index (χ3n) is 2.98. The Labute approximate surface area is 126 Å². The van der Waals surface area contributed by atoms with E-state index in [1.54, 1.807) is 6.33 Å². The minimum Gasteiger partial charge on any atom is -0.393 e. The highest BCUT2D eigenvalue weighted by Crippen LogP contribution is 2.28. The fraction of sp³-hybridized carbons (Fsp3) is 0.375. The van der Waals surface area contributed by atoms with E-state index in [9.17, 15) is 0 Å². The highest BCUT2D eigenvalue weighted by molar-refractivity contribution is 5.75. The maximum atomic E-state index is 6.22. The van der Waals surface area contributed by atoms with Gasteiger partial charge < -0.3 is 16.0 Å². The van der Waals surface area contributed by atoms with Gasteiger partial charge in [0, 0.05) is 19.1 Å². The van der Waals surface area contributed by atoms with Gasteiger partial charge in [-0.15, -0.1) is 0 Å². The van der Waals surface area contributed by atoms with Crippen molar-refractivity contribution in [2.45, 2.75) is 32.9 Å². The molecule has 2 aromatic rings. The minimum absolute atomic E-state index is 0.0995. The van der Waals surface area contributed by atoms with Crippen molar-refractivity contribution >= 4 is 17.3 Å². The van der Waals surface area contributed by atoms with Crippen LogP contribution in [0.25, 0.3) is 0 Å². The van der Waals surface area contributed by atoms with E-state index in [-0.39, 0.29) is 5.54 Å². The molecule has 0 unspecified atom stereocenters. The zero-order valence-corrected chi connectivity index (χ0v) is 13.1. The highest BCUT2D eigenvalue weighted by Gasteiger charge is 2.16. The lowest BCUT2D eigenvalue weighted by atomic mass is 10.1. The van der Waals surface area contributed by atoms with Crippen molar-refractivity contribution in [2.75, 3.05) is 23.0 Å². The molecule has 0 aliphatic carbocycles. The van der Waals surface area contributed by atoms with Crippen LogP contribution in [0, 0.1) is 0 Å². The van der Waals surface area contributed by atoms with E-state index in [1.165, 1.54) is 5.56 Å². The number of rotatable bonds is 4. The van der Waals surface area contributed by atoms with Crippen LogP contribution in [-0.4, -0.2) is 22.6 Å². The average Bonchev–Trinajstić information content (AvgIpc) is 2.40. The van der Waals surface area contributed by atoms with E-state index >= 15 is 0 Å². The number of nitrogens with two attached hydrogens (primary N) is 1. The van der Waals surface area contributed by atoms with Gasteiger partial charge in [0.05, 0.1) is 0 Å². The van der Waals surface area contributed by atoms with Crippen LogP contribution in [0.3, 0.4) is 0 Å². The predicted molar refractivity (Wildman–Crippen MR) is 88.4 cm³/mol. The number of nitrogens with zero attached hydrogens (tertiary/aromatic N) is 3. The fourth-order valence-electron chi connectivity index (χ4n) is 2.08. The molecule has 1 aromatic carbocycles. The molecule has 5 heteroatoms. The summed E-state index contributed by atoms with van der Waals surface area (Å²) in [6.45, 7) is 6.96. The summed E-state index contributed by atoms with van der Waals surface area (Å²) in [7, 11) is 1.98. The molecule has 0 aliphatic heterocycles. The molecular formula is C16H23N5. The Kier molecular flexibility index (Phi) is 4.31. The summed E-state index contributed by atoms with van der Waals surface area (Å²) in [6, 6.07) is 10.2. The Morgan fingerprint density at radius 3 is 2.43 bits per heavy atom. The Balaban J connectivity index is 2.21. The Morgan fingerprint density at radius 1 is 1.14 bits per heavy atom. The van der Waals surface area contributed by atoms with Crippen molar-refractivity contribution in [3.05, 3.63) is 42.2 Å². The van der Waals surface area contributed by atoms with Crippen LogP contribution in [-0.2, 0) is 6.54 Å². The zero-order valence-electron chi connectivity index (χ0n) is 13.1. The van der Waals surface area contributed by atoms with E-state index in [2.05, 4.69) is 48.2 Å². The van der Waals surface area contributed by atoms with Crippen LogP contribution in [0.2, 0.25) is 0 Å². The van der Waals surface area contributed by atoms with Gasteiger partial charge in [-0.2, -0.15) is 0 Å². The minimum atomic E-state index is -0.0995. The molecule has 21 heavy (non-hydrogen) atoms. The molecule has 0 saturated heterocycles. The SMILES string of the molecule is CN(Cc1ccccc1)c1ncnc(NC(C)(C)C)c1N. The van der Waals surface area contributed by atoms with Crippen molar-refractivity contribution < 1.29 is 0 Å². The van der Waals surface area contributed by atoms with Crippen LogP contribution in [0.5, 0.6) is 0 Å². The summed E-state index contributed by atoms with van der Waals surface area (Å²) in [6.07, 6.45) is 1.54. The van der Waals surface area contributed by atoms with E-state index < -0.39 is 0 Å². The molecule has 0 spiro atoms. The lowest BCUT2D eigenvalue weighted by Crippen LogP contribution is -2.28. The molecule has 0 atom stereocenters. The van der Waals surface area contributed by atoms with Crippen LogP contribution < -0.4 is 16.0 Å². The normalized spacial score (nSPS) is 11.2. The number of benzene rings is 1. The third kappa shape index (κ3) is 4.08. The van der Waals surface area contributed by atoms with Gasteiger partial charge in [-0.25, -0.2) is 9.97 Å². The molecule has 0 aliphatic rings. The molecular weight excluding hydrogens is 262 g/mol.